The van der Waals surface area contributed by atoms with Crippen LogP contribution in [-0.4, -0.2) is 27.5 Å². The Labute approximate surface area is 254 Å². The Morgan fingerprint density at radius 1 is 0.930 bits per heavy atom. The van der Waals surface area contributed by atoms with E-state index in [0.29, 0.717) is 21.2 Å². The number of amides is 3. The van der Waals surface area contributed by atoms with E-state index >= 15 is 0 Å². The summed E-state index contributed by atoms with van der Waals surface area (Å²) in [6.07, 6.45) is -4.72. The molecule has 1 saturated heterocycles. The van der Waals surface area contributed by atoms with Crippen LogP contribution in [-0.2, 0) is 27.1 Å². The molecule has 0 radical (unpaired) electrons. The number of thioether (sulfide) groups is 1. The fourth-order valence-electron chi connectivity index (χ4n) is 5.30. The monoisotopic (exact) mass is 647 g/mol. The number of nitrogens with one attached hydrogen (secondary N) is 1. The first-order valence-corrected chi connectivity index (χ1v) is 14.8. The molecule has 3 atom stereocenters. The third-order valence-corrected chi connectivity index (χ3v) is 10.0. The standard InChI is InChI=1S/C29H18ClF4N3O4S2/c30-15-7-11-17(12-8-15)37-25(39)22-21(14-5-9-16(31)10-6-14)24-27(42-23(22)26(37)40)36(28(41)43-24)13-20(38)35-19-4-2-1-3-18(19)29(32,33)34/h1-12,21-23H,13H2,(H,35,38). The largest absolute Gasteiger partial charge is 0.418 e. The molecular formula is C29H18ClF4N3O4S2. The van der Waals surface area contributed by atoms with Crippen molar-refractivity contribution in [2.45, 2.75) is 28.9 Å². The summed E-state index contributed by atoms with van der Waals surface area (Å²) < 4.78 is 55.3. The maximum Gasteiger partial charge on any atom is 0.418 e. The number of aromatic nitrogens is 1. The first-order valence-electron chi connectivity index (χ1n) is 12.7. The number of halogens is 5. The van der Waals surface area contributed by atoms with Gasteiger partial charge in [-0.05, 0) is 54.1 Å². The minimum absolute atomic E-state index is 0.240. The third-order valence-electron chi connectivity index (χ3n) is 7.17. The van der Waals surface area contributed by atoms with Crippen molar-refractivity contribution < 1.29 is 31.9 Å². The molecule has 6 rings (SSSR count). The topological polar surface area (TPSA) is 88.5 Å². The average molecular weight is 648 g/mol. The zero-order valence-corrected chi connectivity index (χ0v) is 24.0. The van der Waals surface area contributed by atoms with Crippen LogP contribution < -0.4 is 15.1 Å². The number of carbonyl (C=O) groups excluding carboxylic acids is 3. The van der Waals surface area contributed by atoms with Crippen LogP contribution >= 0.6 is 34.7 Å². The number of imide groups is 1. The Kier molecular flexibility index (Phi) is 7.43. The molecule has 0 saturated carbocycles. The Balaban J connectivity index is 1.39. The van der Waals surface area contributed by atoms with Gasteiger partial charge in [0.05, 0.1) is 27.9 Å². The van der Waals surface area contributed by atoms with Gasteiger partial charge in [-0.25, -0.2) is 9.29 Å². The van der Waals surface area contributed by atoms with Crippen LogP contribution in [0.1, 0.15) is 21.9 Å². The smallest absolute Gasteiger partial charge is 0.324 e. The second-order valence-corrected chi connectivity index (χ2v) is 12.4. The average Bonchev–Trinajstić information content (AvgIpc) is 3.40. The Bertz CT molecular complexity index is 1820. The number of hydrogen-bond donors (Lipinski definition) is 1. The molecule has 3 heterocycles. The first kappa shape index (κ1) is 29.1. The Morgan fingerprint density at radius 3 is 2.28 bits per heavy atom. The molecule has 43 heavy (non-hydrogen) atoms. The van der Waals surface area contributed by atoms with Gasteiger partial charge in [0.15, 0.2) is 0 Å². The molecule has 3 amide bonds. The highest BCUT2D eigenvalue weighted by Crippen LogP contribution is 2.54. The fraction of sp³-hybridized carbons (Fsp3) is 0.172. The molecule has 1 fully saturated rings. The minimum atomic E-state index is -4.72. The van der Waals surface area contributed by atoms with Gasteiger partial charge in [0, 0.05) is 15.8 Å². The van der Waals surface area contributed by atoms with E-state index in [1.54, 1.807) is 0 Å². The van der Waals surface area contributed by atoms with Crippen LogP contribution in [0, 0.1) is 11.7 Å². The van der Waals surface area contributed by atoms with E-state index < -0.39 is 69.5 Å². The predicted octanol–water partition coefficient (Wildman–Crippen LogP) is 6.16. The number of hydrogen-bond acceptors (Lipinski definition) is 6. The summed E-state index contributed by atoms with van der Waals surface area (Å²) in [5.41, 5.74) is -0.733. The Morgan fingerprint density at radius 2 is 1.60 bits per heavy atom. The van der Waals surface area contributed by atoms with Gasteiger partial charge in [-0.2, -0.15) is 13.2 Å². The van der Waals surface area contributed by atoms with Gasteiger partial charge >= 0.3 is 11.0 Å². The Hall–Kier alpha value is -3.94. The SMILES string of the molecule is O=C(Cn1c2c(sc1=O)C(c1ccc(F)cc1)C1C(=O)N(c3ccc(Cl)cc3)C(=O)C1S2)Nc1ccccc1C(F)(F)F. The highest BCUT2D eigenvalue weighted by atomic mass is 35.5. The van der Waals surface area contributed by atoms with Gasteiger partial charge in [0.1, 0.15) is 17.6 Å². The second-order valence-electron chi connectivity index (χ2n) is 9.80. The van der Waals surface area contributed by atoms with Gasteiger partial charge in [0.2, 0.25) is 17.7 Å². The molecule has 0 aliphatic carbocycles. The third kappa shape index (κ3) is 5.25. The predicted molar refractivity (Wildman–Crippen MR) is 154 cm³/mol. The molecule has 3 unspecified atom stereocenters. The van der Waals surface area contributed by atoms with E-state index in [1.165, 1.54) is 60.7 Å². The molecule has 2 aliphatic heterocycles. The van der Waals surface area contributed by atoms with E-state index in [-0.39, 0.29) is 5.03 Å². The minimum Gasteiger partial charge on any atom is -0.324 e. The van der Waals surface area contributed by atoms with Crippen LogP contribution in [0.5, 0.6) is 0 Å². The molecule has 3 aromatic carbocycles. The van der Waals surface area contributed by atoms with E-state index in [9.17, 15) is 36.7 Å². The lowest BCUT2D eigenvalue weighted by Crippen LogP contribution is -2.33. The van der Waals surface area contributed by atoms with Crippen molar-refractivity contribution in [3.8, 4) is 0 Å². The number of benzene rings is 3. The molecule has 4 aromatic rings. The number of anilines is 2. The van der Waals surface area contributed by atoms with E-state index in [0.717, 1.165) is 44.7 Å². The van der Waals surface area contributed by atoms with Crippen molar-refractivity contribution in [3.05, 3.63) is 109 Å². The number of fused-ring (bicyclic) bond motifs is 2. The van der Waals surface area contributed by atoms with Crippen LogP contribution in [0.4, 0.5) is 28.9 Å². The molecule has 2 aliphatic rings. The zero-order chi connectivity index (χ0) is 30.6. The van der Waals surface area contributed by atoms with Crippen molar-refractivity contribution >= 4 is 63.8 Å². The van der Waals surface area contributed by atoms with Crippen molar-refractivity contribution in [1.29, 1.82) is 0 Å². The molecule has 1 N–H and O–H groups in total. The highest BCUT2D eigenvalue weighted by Gasteiger charge is 2.56. The van der Waals surface area contributed by atoms with Crippen molar-refractivity contribution in [2.24, 2.45) is 5.92 Å². The van der Waals surface area contributed by atoms with Gasteiger partial charge in [-0.1, -0.05) is 59.0 Å². The van der Waals surface area contributed by atoms with Gasteiger partial charge in [0.25, 0.3) is 0 Å². The maximum atomic E-state index is 13.9. The molecule has 220 valence electrons. The number of para-hydroxylation sites is 1. The van der Waals surface area contributed by atoms with Gasteiger partial charge in [-0.3, -0.25) is 23.7 Å². The van der Waals surface area contributed by atoms with Crippen LogP contribution in [0.2, 0.25) is 5.02 Å². The normalized spacial score (nSPS) is 19.7. The number of thiazole rings is 1. The number of nitrogens with zero attached hydrogens (tertiary/aromatic N) is 2. The number of carbonyl (C=O) groups is 3. The number of alkyl halides is 3. The summed E-state index contributed by atoms with van der Waals surface area (Å²) in [5.74, 6) is -4.26. The zero-order valence-electron chi connectivity index (χ0n) is 21.6. The highest BCUT2D eigenvalue weighted by molar-refractivity contribution is 8.00. The summed E-state index contributed by atoms with van der Waals surface area (Å²) in [7, 11) is 0. The van der Waals surface area contributed by atoms with E-state index in [2.05, 4.69) is 5.32 Å². The van der Waals surface area contributed by atoms with Gasteiger partial charge < -0.3 is 5.32 Å². The molecule has 14 heteroatoms. The fourth-order valence-corrected chi connectivity index (χ4v) is 8.20. The lowest BCUT2D eigenvalue weighted by molar-refractivity contribution is -0.137. The molecule has 7 nitrogen and oxygen atoms in total. The molecule has 0 bridgehead atoms. The lowest BCUT2D eigenvalue weighted by atomic mass is 9.83. The molecule has 0 spiro atoms. The lowest BCUT2D eigenvalue weighted by Gasteiger charge is -2.30. The number of rotatable bonds is 5. The van der Waals surface area contributed by atoms with Crippen LogP contribution in [0.25, 0.3) is 0 Å². The van der Waals surface area contributed by atoms with Crippen molar-refractivity contribution in [3.63, 3.8) is 0 Å². The molecular weight excluding hydrogens is 630 g/mol. The summed E-state index contributed by atoms with van der Waals surface area (Å²) >= 11 is 7.70. The maximum absolute atomic E-state index is 13.9. The van der Waals surface area contributed by atoms with E-state index in [1.807, 2.05) is 0 Å². The van der Waals surface area contributed by atoms with E-state index in [4.69, 9.17) is 11.6 Å². The summed E-state index contributed by atoms with van der Waals surface area (Å²) in [5, 5.41) is 1.87. The van der Waals surface area contributed by atoms with Gasteiger partial charge in [-0.15, -0.1) is 0 Å². The van der Waals surface area contributed by atoms with Crippen molar-refractivity contribution in [1.82, 2.24) is 4.57 Å². The second kappa shape index (κ2) is 11.0. The molecule has 1 aromatic heterocycles. The van der Waals surface area contributed by atoms with Crippen molar-refractivity contribution in [2.75, 3.05) is 10.2 Å². The summed E-state index contributed by atoms with van der Waals surface area (Å²) in [4.78, 5) is 54.6. The van der Waals surface area contributed by atoms with Crippen LogP contribution in [0.3, 0.4) is 0 Å². The summed E-state index contributed by atoms with van der Waals surface area (Å²) in [6.45, 7) is -0.638. The van der Waals surface area contributed by atoms with Crippen LogP contribution in [0.15, 0.2) is 82.6 Å². The summed E-state index contributed by atoms with van der Waals surface area (Å²) in [6, 6.07) is 15.9. The quantitative estimate of drug-likeness (QED) is 0.207. The first-order chi connectivity index (χ1) is 20.4.